The molecule has 2 aromatic heterocycles. The highest BCUT2D eigenvalue weighted by Crippen LogP contribution is 2.26. The Labute approximate surface area is 110 Å². The van der Waals surface area contributed by atoms with Crippen LogP contribution in [-0.2, 0) is 0 Å². The van der Waals surface area contributed by atoms with Gasteiger partial charge in [-0.05, 0) is 24.3 Å². The van der Waals surface area contributed by atoms with Crippen LogP contribution in [0.2, 0.25) is 0 Å². The van der Waals surface area contributed by atoms with Crippen LogP contribution in [0.15, 0.2) is 29.9 Å². The van der Waals surface area contributed by atoms with Crippen LogP contribution in [-0.4, -0.2) is 29.1 Å². The van der Waals surface area contributed by atoms with Gasteiger partial charge in [0.1, 0.15) is 0 Å². The van der Waals surface area contributed by atoms with Crippen molar-refractivity contribution in [2.24, 2.45) is 5.73 Å². The molecule has 1 aliphatic rings. The highest BCUT2D eigenvalue weighted by Gasteiger charge is 2.25. The molecule has 0 aliphatic carbocycles. The molecule has 0 bridgehead atoms. The summed E-state index contributed by atoms with van der Waals surface area (Å²) in [6.45, 7) is 1.69. The van der Waals surface area contributed by atoms with Crippen LogP contribution in [0.25, 0.3) is 10.4 Å². The fourth-order valence-corrected chi connectivity index (χ4v) is 3.09. The fourth-order valence-electron chi connectivity index (χ4n) is 2.38. The second-order valence-corrected chi connectivity index (χ2v) is 5.42. The van der Waals surface area contributed by atoms with E-state index in [1.54, 1.807) is 11.3 Å². The zero-order chi connectivity index (χ0) is 12.4. The van der Waals surface area contributed by atoms with Gasteiger partial charge < -0.3 is 10.6 Å². The summed E-state index contributed by atoms with van der Waals surface area (Å²) in [6.07, 6.45) is 6.13. The van der Waals surface area contributed by atoms with E-state index in [2.05, 4.69) is 26.3 Å². The maximum atomic E-state index is 5.77. The Bertz CT molecular complexity index is 494. The van der Waals surface area contributed by atoms with Crippen LogP contribution >= 0.6 is 11.3 Å². The van der Waals surface area contributed by atoms with E-state index in [9.17, 15) is 0 Å². The van der Waals surface area contributed by atoms with Crippen molar-refractivity contribution in [3.63, 3.8) is 0 Å². The Morgan fingerprint density at radius 1 is 1.39 bits per heavy atom. The van der Waals surface area contributed by atoms with Crippen molar-refractivity contribution in [2.75, 3.05) is 18.0 Å². The summed E-state index contributed by atoms with van der Waals surface area (Å²) < 4.78 is 0. The van der Waals surface area contributed by atoms with Gasteiger partial charge in [0.05, 0.1) is 0 Å². The summed E-state index contributed by atoms with van der Waals surface area (Å²) in [4.78, 5) is 12.4. The van der Waals surface area contributed by atoms with Crippen LogP contribution in [0, 0.1) is 0 Å². The molecule has 0 saturated carbocycles. The van der Waals surface area contributed by atoms with Gasteiger partial charge in [0.25, 0.3) is 0 Å². The largest absolute Gasteiger partial charge is 0.337 e. The van der Waals surface area contributed by atoms with Crippen molar-refractivity contribution >= 4 is 17.3 Å². The topological polar surface area (TPSA) is 55.0 Å². The molecule has 0 aromatic carbocycles. The van der Waals surface area contributed by atoms with Crippen LogP contribution in [0.1, 0.15) is 12.8 Å². The van der Waals surface area contributed by atoms with Crippen LogP contribution < -0.4 is 10.6 Å². The molecule has 1 fully saturated rings. The Hall–Kier alpha value is -1.46. The molecule has 1 unspecified atom stereocenters. The number of rotatable bonds is 3. The van der Waals surface area contributed by atoms with E-state index in [4.69, 9.17) is 5.73 Å². The summed E-state index contributed by atoms with van der Waals surface area (Å²) in [5.74, 6) is 0.809. The standard InChI is InChI=1S/C13H16N4S/c14-7-11-3-1-5-17(11)13-15-8-10(9-16-13)12-4-2-6-18-12/h2,4,6,8-9,11H,1,3,5,7,14H2. The predicted octanol–water partition coefficient (Wildman–Crippen LogP) is 2.13. The second-order valence-electron chi connectivity index (χ2n) is 4.47. The van der Waals surface area contributed by atoms with Gasteiger partial charge in [-0.15, -0.1) is 11.3 Å². The molecule has 3 rings (SSSR count). The van der Waals surface area contributed by atoms with Crippen molar-refractivity contribution in [1.82, 2.24) is 9.97 Å². The second kappa shape index (κ2) is 5.04. The molecule has 4 nitrogen and oxygen atoms in total. The molecule has 0 radical (unpaired) electrons. The van der Waals surface area contributed by atoms with E-state index in [0.29, 0.717) is 12.6 Å². The summed E-state index contributed by atoms with van der Waals surface area (Å²) in [5, 5.41) is 2.06. The number of hydrogen-bond donors (Lipinski definition) is 1. The summed E-state index contributed by atoms with van der Waals surface area (Å²) in [7, 11) is 0. The first-order valence-electron chi connectivity index (χ1n) is 6.21. The number of nitrogens with two attached hydrogens (primary N) is 1. The highest BCUT2D eigenvalue weighted by molar-refractivity contribution is 7.13. The lowest BCUT2D eigenvalue weighted by Crippen LogP contribution is -2.36. The number of nitrogens with zero attached hydrogens (tertiary/aromatic N) is 3. The molecule has 3 heterocycles. The van der Waals surface area contributed by atoms with Crippen LogP contribution in [0.4, 0.5) is 5.95 Å². The van der Waals surface area contributed by atoms with Gasteiger partial charge in [0, 0.05) is 42.0 Å². The molecule has 5 heteroatoms. The molecule has 0 spiro atoms. The monoisotopic (exact) mass is 260 g/mol. The maximum absolute atomic E-state index is 5.77. The molecule has 0 amide bonds. The lowest BCUT2D eigenvalue weighted by atomic mass is 10.2. The zero-order valence-electron chi connectivity index (χ0n) is 10.1. The normalized spacial score (nSPS) is 19.4. The third-order valence-corrected chi connectivity index (χ3v) is 4.27. The average Bonchev–Trinajstić information content (AvgIpc) is 3.10. The Morgan fingerprint density at radius 3 is 2.89 bits per heavy atom. The smallest absolute Gasteiger partial charge is 0.225 e. The van der Waals surface area contributed by atoms with Gasteiger partial charge in [0.2, 0.25) is 5.95 Å². The SMILES string of the molecule is NCC1CCCN1c1ncc(-c2cccs2)cn1. The first-order chi connectivity index (χ1) is 8.88. The number of hydrogen-bond acceptors (Lipinski definition) is 5. The zero-order valence-corrected chi connectivity index (χ0v) is 10.9. The van der Waals surface area contributed by atoms with E-state index in [1.807, 2.05) is 18.5 Å². The van der Waals surface area contributed by atoms with Crippen molar-refractivity contribution in [1.29, 1.82) is 0 Å². The lowest BCUT2D eigenvalue weighted by Gasteiger charge is -2.23. The molecule has 94 valence electrons. The quantitative estimate of drug-likeness (QED) is 0.918. The first kappa shape index (κ1) is 11.6. The minimum Gasteiger partial charge on any atom is -0.337 e. The summed E-state index contributed by atoms with van der Waals surface area (Å²) in [5.41, 5.74) is 6.85. The van der Waals surface area contributed by atoms with Gasteiger partial charge in [-0.1, -0.05) is 6.07 Å². The molecule has 1 saturated heterocycles. The summed E-state index contributed by atoms with van der Waals surface area (Å²) >= 11 is 1.71. The van der Waals surface area contributed by atoms with Gasteiger partial charge in [0.15, 0.2) is 0 Å². The maximum Gasteiger partial charge on any atom is 0.225 e. The molecule has 2 N–H and O–H groups in total. The Morgan fingerprint density at radius 2 is 2.22 bits per heavy atom. The third-order valence-electron chi connectivity index (χ3n) is 3.35. The van der Waals surface area contributed by atoms with Gasteiger partial charge in [-0.3, -0.25) is 0 Å². The van der Waals surface area contributed by atoms with E-state index in [-0.39, 0.29) is 0 Å². The van der Waals surface area contributed by atoms with E-state index in [0.717, 1.165) is 24.5 Å². The van der Waals surface area contributed by atoms with Crippen LogP contribution in [0.3, 0.4) is 0 Å². The van der Waals surface area contributed by atoms with E-state index < -0.39 is 0 Å². The van der Waals surface area contributed by atoms with Gasteiger partial charge >= 0.3 is 0 Å². The van der Waals surface area contributed by atoms with Crippen molar-refractivity contribution < 1.29 is 0 Å². The van der Waals surface area contributed by atoms with E-state index in [1.165, 1.54) is 11.3 Å². The van der Waals surface area contributed by atoms with Gasteiger partial charge in [-0.25, -0.2) is 9.97 Å². The van der Waals surface area contributed by atoms with E-state index >= 15 is 0 Å². The average molecular weight is 260 g/mol. The Kier molecular flexibility index (Phi) is 3.25. The van der Waals surface area contributed by atoms with Crippen molar-refractivity contribution in [2.45, 2.75) is 18.9 Å². The molecular formula is C13H16N4S. The summed E-state index contributed by atoms with van der Waals surface area (Å²) in [6, 6.07) is 4.53. The minimum absolute atomic E-state index is 0.401. The predicted molar refractivity (Wildman–Crippen MR) is 74.8 cm³/mol. The minimum atomic E-state index is 0.401. The lowest BCUT2D eigenvalue weighted by molar-refractivity contribution is 0.664. The number of thiophene rings is 1. The third kappa shape index (κ3) is 2.11. The number of aromatic nitrogens is 2. The fraction of sp³-hybridized carbons (Fsp3) is 0.385. The molecular weight excluding hydrogens is 244 g/mol. The number of anilines is 1. The molecule has 18 heavy (non-hydrogen) atoms. The Balaban J connectivity index is 1.83. The first-order valence-corrected chi connectivity index (χ1v) is 7.09. The molecule has 1 atom stereocenters. The van der Waals surface area contributed by atoms with Crippen LogP contribution in [0.5, 0.6) is 0 Å². The van der Waals surface area contributed by atoms with Gasteiger partial charge in [-0.2, -0.15) is 0 Å². The van der Waals surface area contributed by atoms with Crippen molar-refractivity contribution in [3.8, 4) is 10.4 Å². The molecule has 2 aromatic rings. The highest BCUT2D eigenvalue weighted by atomic mass is 32.1. The molecule has 1 aliphatic heterocycles. The van der Waals surface area contributed by atoms with Crippen molar-refractivity contribution in [3.05, 3.63) is 29.9 Å².